The number of rotatable bonds is 5. The molecule has 2 fully saturated rings. The van der Waals surface area contributed by atoms with Crippen LogP contribution in [0.4, 0.5) is 0 Å². The maximum Gasteiger partial charge on any atom is 0.0937 e. The summed E-state index contributed by atoms with van der Waals surface area (Å²) in [5, 5.41) is 10.9. The summed E-state index contributed by atoms with van der Waals surface area (Å²) in [6, 6.07) is 1.50. The van der Waals surface area contributed by atoms with E-state index >= 15 is 0 Å². The van der Waals surface area contributed by atoms with Crippen molar-refractivity contribution in [3.05, 3.63) is 16.6 Å². The van der Waals surface area contributed by atoms with Gasteiger partial charge in [0.1, 0.15) is 0 Å². The van der Waals surface area contributed by atoms with Crippen molar-refractivity contribution in [3.63, 3.8) is 0 Å². The monoisotopic (exact) mass is 279 g/mol. The minimum absolute atomic E-state index is 0.726. The molecule has 0 bridgehead atoms. The molecular weight excluding hydrogens is 254 g/mol. The van der Waals surface area contributed by atoms with Gasteiger partial charge in [0.15, 0.2) is 0 Å². The zero-order valence-corrected chi connectivity index (χ0v) is 12.4. The van der Waals surface area contributed by atoms with Crippen molar-refractivity contribution in [1.82, 2.24) is 15.6 Å². The lowest BCUT2D eigenvalue weighted by Crippen LogP contribution is -2.47. The van der Waals surface area contributed by atoms with Crippen molar-refractivity contribution >= 4 is 11.3 Å². The Bertz CT molecular complexity index is 359. The standard InChI is InChI=1S/C15H25N3S/c1-2-5-13(12(4-1)14-6-3-8-16-14)17-9-7-15-18-10-11-19-15/h10-14,16-17H,1-9H2. The quantitative estimate of drug-likeness (QED) is 0.870. The van der Waals surface area contributed by atoms with Gasteiger partial charge in [-0.05, 0) is 38.1 Å². The third-order valence-electron chi connectivity index (χ3n) is 4.66. The van der Waals surface area contributed by atoms with E-state index in [0.29, 0.717) is 0 Å². The van der Waals surface area contributed by atoms with Crippen molar-refractivity contribution in [2.75, 3.05) is 13.1 Å². The van der Waals surface area contributed by atoms with Crippen molar-refractivity contribution < 1.29 is 0 Å². The van der Waals surface area contributed by atoms with Crippen molar-refractivity contribution in [3.8, 4) is 0 Å². The molecule has 3 rings (SSSR count). The van der Waals surface area contributed by atoms with E-state index in [-0.39, 0.29) is 0 Å². The molecule has 1 saturated heterocycles. The predicted molar refractivity (Wildman–Crippen MR) is 80.6 cm³/mol. The smallest absolute Gasteiger partial charge is 0.0937 e. The maximum absolute atomic E-state index is 4.36. The van der Waals surface area contributed by atoms with Crippen LogP contribution in [0.5, 0.6) is 0 Å². The number of hydrogen-bond acceptors (Lipinski definition) is 4. The first-order chi connectivity index (χ1) is 9.43. The molecule has 1 aromatic heterocycles. The number of nitrogens with zero attached hydrogens (tertiary/aromatic N) is 1. The van der Waals surface area contributed by atoms with E-state index in [2.05, 4.69) is 21.0 Å². The van der Waals surface area contributed by atoms with Gasteiger partial charge in [-0.1, -0.05) is 12.8 Å². The first-order valence-corrected chi connectivity index (χ1v) is 8.66. The molecule has 2 aliphatic rings. The number of thiazole rings is 1. The summed E-state index contributed by atoms with van der Waals surface area (Å²) in [7, 11) is 0. The summed E-state index contributed by atoms with van der Waals surface area (Å²) in [5.41, 5.74) is 0. The molecule has 4 heteroatoms. The van der Waals surface area contributed by atoms with Crippen LogP contribution in [0.25, 0.3) is 0 Å². The van der Waals surface area contributed by atoms with E-state index < -0.39 is 0 Å². The topological polar surface area (TPSA) is 37.0 Å². The molecular formula is C15H25N3S. The second-order valence-electron chi connectivity index (χ2n) is 5.89. The molecule has 3 unspecified atom stereocenters. The van der Waals surface area contributed by atoms with Gasteiger partial charge in [-0.2, -0.15) is 0 Å². The zero-order valence-electron chi connectivity index (χ0n) is 11.6. The Hall–Kier alpha value is -0.450. The molecule has 3 nitrogen and oxygen atoms in total. The SMILES string of the molecule is c1csc(CCNC2CCCCC2C2CCCN2)n1. The third kappa shape index (κ3) is 3.56. The molecule has 0 radical (unpaired) electrons. The fourth-order valence-corrected chi connectivity index (χ4v) is 4.33. The molecule has 106 valence electrons. The Morgan fingerprint density at radius 1 is 1.26 bits per heavy atom. The maximum atomic E-state index is 4.36. The van der Waals surface area contributed by atoms with Crippen LogP contribution in [0.3, 0.4) is 0 Å². The average Bonchev–Trinajstić information content (AvgIpc) is 3.12. The molecule has 19 heavy (non-hydrogen) atoms. The Balaban J connectivity index is 1.49. The van der Waals surface area contributed by atoms with Gasteiger partial charge in [-0.25, -0.2) is 4.98 Å². The fourth-order valence-electron chi connectivity index (χ4n) is 3.71. The summed E-state index contributed by atoms with van der Waals surface area (Å²) in [6.07, 6.45) is 11.3. The van der Waals surface area contributed by atoms with Gasteiger partial charge in [-0.15, -0.1) is 11.3 Å². The van der Waals surface area contributed by atoms with Crippen LogP contribution in [-0.2, 0) is 6.42 Å². The van der Waals surface area contributed by atoms with Crippen LogP contribution in [0.2, 0.25) is 0 Å². The lowest BCUT2D eigenvalue weighted by molar-refractivity contribution is 0.216. The average molecular weight is 279 g/mol. The highest BCUT2D eigenvalue weighted by atomic mass is 32.1. The van der Waals surface area contributed by atoms with Crippen molar-refractivity contribution in [1.29, 1.82) is 0 Å². The Morgan fingerprint density at radius 2 is 2.21 bits per heavy atom. The summed E-state index contributed by atoms with van der Waals surface area (Å²) >= 11 is 1.77. The van der Waals surface area contributed by atoms with Gasteiger partial charge in [0, 0.05) is 36.6 Å². The minimum atomic E-state index is 0.726. The van der Waals surface area contributed by atoms with Crippen LogP contribution in [-0.4, -0.2) is 30.2 Å². The summed E-state index contributed by atoms with van der Waals surface area (Å²) in [5.74, 6) is 0.854. The van der Waals surface area contributed by atoms with Crippen molar-refractivity contribution in [2.45, 2.75) is 57.0 Å². The molecule has 0 amide bonds. The van der Waals surface area contributed by atoms with Crippen LogP contribution >= 0.6 is 11.3 Å². The van der Waals surface area contributed by atoms with E-state index in [4.69, 9.17) is 0 Å². The van der Waals surface area contributed by atoms with Crippen LogP contribution < -0.4 is 10.6 Å². The molecule has 2 heterocycles. The number of hydrogen-bond donors (Lipinski definition) is 2. The predicted octanol–water partition coefficient (Wildman–Crippen LogP) is 2.59. The highest BCUT2D eigenvalue weighted by molar-refractivity contribution is 7.09. The zero-order chi connectivity index (χ0) is 12.9. The molecule has 3 atom stereocenters. The summed E-state index contributed by atoms with van der Waals surface area (Å²) in [4.78, 5) is 4.36. The lowest BCUT2D eigenvalue weighted by atomic mass is 9.79. The van der Waals surface area contributed by atoms with Gasteiger partial charge in [0.2, 0.25) is 0 Å². The van der Waals surface area contributed by atoms with Crippen LogP contribution in [0.15, 0.2) is 11.6 Å². The van der Waals surface area contributed by atoms with E-state index in [1.807, 2.05) is 6.20 Å². The molecule has 1 saturated carbocycles. The molecule has 0 spiro atoms. The second-order valence-corrected chi connectivity index (χ2v) is 6.87. The highest BCUT2D eigenvalue weighted by Gasteiger charge is 2.32. The van der Waals surface area contributed by atoms with Gasteiger partial charge in [0.25, 0.3) is 0 Å². The molecule has 0 aromatic carbocycles. The van der Waals surface area contributed by atoms with Crippen molar-refractivity contribution in [2.24, 2.45) is 5.92 Å². The number of aromatic nitrogens is 1. The summed E-state index contributed by atoms with van der Waals surface area (Å²) < 4.78 is 0. The number of nitrogens with one attached hydrogen (secondary N) is 2. The van der Waals surface area contributed by atoms with E-state index in [0.717, 1.165) is 31.0 Å². The Labute approximate surface area is 120 Å². The Morgan fingerprint density at radius 3 is 3.00 bits per heavy atom. The highest BCUT2D eigenvalue weighted by Crippen LogP contribution is 2.30. The van der Waals surface area contributed by atoms with Crippen LogP contribution in [0.1, 0.15) is 43.5 Å². The molecule has 2 N–H and O–H groups in total. The molecule has 1 aliphatic heterocycles. The van der Waals surface area contributed by atoms with Crippen LogP contribution in [0, 0.1) is 5.92 Å². The Kier molecular flexibility index (Phi) is 4.86. The largest absolute Gasteiger partial charge is 0.314 e. The second kappa shape index (κ2) is 6.82. The van der Waals surface area contributed by atoms with Gasteiger partial charge >= 0.3 is 0 Å². The van der Waals surface area contributed by atoms with Gasteiger partial charge < -0.3 is 10.6 Å². The molecule has 1 aliphatic carbocycles. The minimum Gasteiger partial charge on any atom is -0.314 e. The fraction of sp³-hybridized carbons (Fsp3) is 0.800. The van der Waals surface area contributed by atoms with E-state index in [1.165, 1.54) is 50.1 Å². The first kappa shape index (κ1) is 13.5. The van der Waals surface area contributed by atoms with Gasteiger partial charge in [-0.3, -0.25) is 0 Å². The normalized spacial score (nSPS) is 31.7. The lowest BCUT2D eigenvalue weighted by Gasteiger charge is -2.36. The molecule has 1 aromatic rings. The van der Waals surface area contributed by atoms with Gasteiger partial charge in [0.05, 0.1) is 5.01 Å². The van der Waals surface area contributed by atoms with E-state index in [1.54, 1.807) is 11.3 Å². The third-order valence-corrected chi connectivity index (χ3v) is 5.50. The van der Waals surface area contributed by atoms with E-state index in [9.17, 15) is 0 Å². The summed E-state index contributed by atoms with van der Waals surface area (Å²) in [6.45, 7) is 2.31. The first-order valence-electron chi connectivity index (χ1n) is 7.78.